The highest BCUT2D eigenvalue weighted by Gasteiger charge is 2.45. The van der Waals surface area contributed by atoms with E-state index in [2.05, 4.69) is 63.6 Å². The van der Waals surface area contributed by atoms with Gasteiger partial charge in [0.15, 0.2) is 0 Å². The van der Waals surface area contributed by atoms with Gasteiger partial charge in [-0.05, 0) is 48.1 Å². The maximum atomic E-state index is 15.0. The first-order valence-corrected chi connectivity index (χ1v) is 31.6. The van der Waals surface area contributed by atoms with Crippen molar-refractivity contribution in [2.45, 2.75) is 146 Å². The van der Waals surface area contributed by atoms with Gasteiger partial charge < -0.3 is 78.4 Å². The molecule has 94 heavy (non-hydrogen) atoms. The number of aliphatic hydroxyl groups excluding tert-OH is 3. The summed E-state index contributed by atoms with van der Waals surface area (Å²) in [6.45, 7) is 6.15. The Hall–Kier alpha value is -9.31. The van der Waals surface area contributed by atoms with Gasteiger partial charge in [0.2, 0.25) is 70.9 Å². The van der Waals surface area contributed by atoms with Gasteiger partial charge in [-0.2, -0.15) is 0 Å². The molecule has 14 amide bonds. The third-order valence-electron chi connectivity index (χ3n) is 16.4. The Balaban J connectivity index is 1.11. The number of H-pyrrole nitrogens is 1. The summed E-state index contributed by atoms with van der Waals surface area (Å²) in [6.07, 6.45) is -2.43. The number of carbonyl (C=O) groups excluding carboxylic acids is 14. The monoisotopic (exact) mass is 1330 g/mol. The highest BCUT2D eigenvalue weighted by Crippen LogP contribution is 2.32. The number of nitrogens with one attached hydrogen (secondary N) is 12. The molecule has 33 heteroatoms. The molecule has 1 aromatic heterocycles. The van der Waals surface area contributed by atoms with Gasteiger partial charge in [0.1, 0.15) is 48.3 Å². The molecule has 0 radical (unpaired) electrons. The van der Waals surface area contributed by atoms with E-state index in [4.69, 9.17) is 4.84 Å². The molecule has 1 saturated heterocycles. The minimum Gasteiger partial charge on any atom is -0.394 e. The van der Waals surface area contributed by atoms with Crippen molar-refractivity contribution in [3.05, 3.63) is 71.8 Å². The van der Waals surface area contributed by atoms with E-state index in [1.54, 1.807) is 52.0 Å². The number of fused-ring (bicyclic) bond motifs is 5. The van der Waals surface area contributed by atoms with Crippen molar-refractivity contribution in [3.63, 3.8) is 0 Å². The van der Waals surface area contributed by atoms with Crippen LogP contribution in [0, 0.1) is 17.8 Å². The second-order valence-corrected chi connectivity index (χ2v) is 24.8. The fraction of sp³-hybridized carbons (Fsp3) is 0.508. The maximum Gasteiger partial charge on any atom is 0.253 e. The molecule has 0 spiro atoms. The van der Waals surface area contributed by atoms with Crippen LogP contribution < -0.4 is 58.6 Å². The summed E-state index contributed by atoms with van der Waals surface area (Å²) >= 11 is 0.977. The van der Waals surface area contributed by atoms with Crippen LogP contribution in [0.3, 0.4) is 0 Å². The van der Waals surface area contributed by atoms with Crippen LogP contribution in [0.5, 0.6) is 0 Å². The van der Waals surface area contributed by atoms with Crippen LogP contribution in [0.4, 0.5) is 5.69 Å². The Kier molecular flexibility index (Phi) is 25.3. The number of para-hydroxylation sites is 1. The summed E-state index contributed by atoms with van der Waals surface area (Å²) in [5, 5.41) is 58.7. The molecular formula is C61H80N14O18S. The molecule has 4 aliphatic rings. The maximum absolute atomic E-state index is 15.0. The number of nitrogens with zero attached hydrogens (tertiary/aromatic N) is 2. The van der Waals surface area contributed by atoms with Gasteiger partial charge in [-0.25, -0.2) is 5.48 Å². The van der Waals surface area contributed by atoms with E-state index in [1.165, 1.54) is 38.1 Å². The predicted octanol–water partition coefficient (Wildman–Crippen LogP) is -3.98. The number of amides is 14. The topological polar surface area (TPSA) is 463 Å². The van der Waals surface area contributed by atoms with Crippen LogP contribution in [-0.4, -0.2) is 212 Å². The zero-order chi connectivity index (χ0) is 68.7. The lowest BCUT2D eigenvalue weighted by atomic mass is 9.93. The Bertz CT molecular complexity index is 3400. The molecule has 508 valence electrons. The van der Waals surface area contributed by atoms with Crippen molar-refractivity contribution in [2.24, 2.45) is 17.8 Å². The standard InChI is InChI=1S/C61H80N14O18S/c1-7-30(4)51-57(89)63-23-46(81)66-41-28-94-60-37(36-10-8-9-11-38(36)69-60)21-39(54(86)62-24-47(82)71-51)67-59(91)52(31(5)43(78)26-76)72-56(88)42-20-35(77)25-75(42)61(92)40(68-55(41)87)22-45(80)73-93-27-33-12-14-34(15-13-33)65-53(85)32(6)64-58(90)50(29(2)3)70-44(79)18-19-74-48(83)16-17-49(74)84/h8-17,29-32,35,39-43,50-52,69,76-78H,7,18-28H2,1-6H3,(H,62,86)(H,63,89)(H,64,90)(H,65,85)(H,66,81)(H,67,91)(H,68,87)(H,70,79)(H,71,82)(H,72,88)(H,73,80)/t30-,31-,32-,35+,39+,40-,41+,42-,43-,50?,51-,52-/m0/s1. The SMILES string of the molecule is CC[C@H](C)[C@@H]1NC(=O)CNC(=O)[C@H]2Cc3c([nH]c4ccccc34)SC[C@@H](NC(=O)CNC1=O)C(=O)N[C@@H](CC(=O)NOCc1ccc(NC(=O)[C@H](C)NC(=O)C(NC(=O)CCN3C(=O)C=CC3=O)C(C)C)cc1)C(=O)N1C[C@H](O)C[C@H]1C(=O)N[C@@H]([C@@H](C)[C@@H](O)CO)C(=O)N2. The Morgan fingerprint density at radius 1 is 0.734 bits per heavy atom. The van der Waals surface area contributed by atoms with Crippen LogP contribution >= 0.6 is 11.8 Å². The van der Waals surface area contributed by atoms with Gasteiger partial charge in [0.25, 0.3) is 11.8 Å². The van der Waals surface area contributed by atoms with Gasteiger partial charge in [0, 0.05) is 72.8 Å². The molecule has 12 atom stereocenters. The summed E-state index contributed by atoms with van der Waals surface area (Å²) in [5.74, 6) is -14.3. The summed E-state index contributed by atoms with van der Waals surface area (Å²) in [7, 11) is 0. The zero-order valence-corrected chi connectivity index (χ0v) is 53.3. The number of aromatic nitrogens is 1. The number of imide groups is 1. The Morgan fingerprint density at radius 3 is 2.07 bits per heavy atom. The third-order valence-corrected chi connectivity index (χ3v) is 17.6. The number of rotatable bonds is 19. The molecule has 0 aliphatic carbocycles. The summed E-state index contributed by atoms with van der Waals surface area (Å²) < 4.78 is 0. The molecule has 15 N–H and O–H groups in total. The lowest BCUT2D eigenvalue weighted by Gasteiger charge is -2.33. The summed E-state index contributed by atoms with van der Waals surface area (Å²) in [4.78, 5) is 202. The van der Waals surface area contributed by atoms with Gasteiger partial charge in [-0.3, -0.25) is 76.9 Å². The fourth-order valence-electron chi connectivity index (χ4n) is 10.7. The summed E-state index contributed by atoms with van der Waals surface area (Å²) in [6, 6.07) is 1.01. The van der Waals surface area contributed by atoms with Crippen molar-refractivity contribution in [3.8, 4) is 0 Å². The predicted molar refractivity (Wildman–Crippen MR) is 334 cm³/mol. The van der Waals surface area contributed by atoms with Gasteiger partial charge in [-0.15, -0.1) is 11.8 Å². The highest BCUT2D eigenvalue weighted by atomic mass is 32.2. The van der Waals surface area contributed by atoms with E-state index in [1.807, 2.05) is 0 Å². The number of carbonyl (C=O) groups is 14. The molecule has 2 aromatic carbocycles. The van der Waals surface area contributed by atoms with Crippen LogP contribution in [-0.2, 0) is 85.0 Å². The van der Waals surface area contributed by atoms with Crippen molar-refractivity contribution in [1.82, 2.24) is 68.1 Å². The van der Waals surface area contributed by atoms with Crippen LogP contribution in [0.25, 0.3) is 10.9 Å². The molecule has 32 nitrogen and oxygen atoms in total. The van der Waals surface area contributed by atoms with Crippen LogP contribution in [0.1, 0.15) is 78.4 Å². The van der Waals surface area contributed by atoms with Crippen molar-refractivity contribution >= 4 is 111 Å². The van der Waals surface area contributed by atoms with Gasteiger partial charge >= 0.3 is 0 Å². The van der Waals surface area contributed by atoms with E-state index in [-0.39, 0.29) is 37.4 Å². The number of aliphatic hydroxyl groups is 3. The van der Waals surface area contributed by atoms with Crippen molar-refractivity contribution in [2.75, 3.05) is 43.9 Å². The zero-order valence-electron chi connectivity index (χ0n) is 52.5. The van der Waals surface area contributed by atoms with E-state index >= 15 is 0 Å². The minimum atomic E-state index is -1.89. The molecule has 2 bridgehead atoms. The number of anilines is 1. The lowest BCUT2D eigenvalue weighted by Crippen LogP contribution is -2.62. The number of hydrogen-bond acceptors (Lipinski definition) is 19. The molecule has 4 aliphatic heterocycles. The second-order valence-electron chi connectivity index (χ2n) is 23.7. The number of aromatic amines is 1. The molecular weight excluding hydrogens is 1250 g/mol. The molecule has 0 saturated carbocycles. The largest absolute Gasteiger partial charge is 0.394 e. The summed E-state index contributed by atoms with van der Waals surface area (Å²) in [5.41, 5.74) is 3.86. The van der Waals surface area contributed by atoms with Crippen molar-refractivity contribution in [1.29, 1.82) is 0 Å². The van der Waals surface area contributed by atoms with E-state index in [0.717, 1.165) is 33.7 Å². The number of hydrogen-bond donors (Lipinski definition) is 15. The number of thioether (sulfide) groups is 1. The van der Waals surface area contributed by atoms with E-state index in [9.17, 15) is 82.4 Å². The molecule has 7 rings (SSSR count). The average molecular weight is 1330 g/mol. The second kappa shape index (κ2) is 33.0. The first-order valence-electron chi connectivity index (χ1n) is 30.6. The normalized spacial score (nSPS) is 23.6. The number of benzene rings is 2. The molecule has 5 heterocycles. The fourth-order valence-corrected chi connectivity index (χ4v) is 11.8. The molecule has 1 fully saturated rings. The minimum absolute atomic E-state index is 0.194. The first-order chi connectivity index (χ1) is 44.7. The van der Waals surface area contributed by atoms with E-state index < -0.39 is 200 Å². The average Bonchev–Trinajstić information content (AvgIpc) is 1.63. The Morgan fingerprint density at radius 2 is 1.40 bits per heavy atom. The third kappa shape index (κ3) is 18.9. The Labute approximate surface area is 543 Å². The first kappa shape index (κ1) is 72.1. The lowest BCUT2D eigenvalue weighted by molar-refractivity contribution is -0.145. The molecule has 3 aromatic rings. The molecule has 1 unspecified atom stereocenters. The van der Waals surface area contributed by atoms with Gasteiger partial charge in [-0.1, -0.05) is 71.4 Å². The van der Waals surface area contributed by atoms with Crippen molar-refractivity contribution < 1.29 is 87.3 Å². The number of hydroxylamine groups is 1. The van der Waals surface area contributed by atoms with Crippen LogP contribution in [0.15, 0.2) is 65.7 Å². The highest BCUT2D eigenvalue weighted by molar-refractivity contribution is 7.99. The van der Waals surface area contributed by atoms with E-state index in [0.29, 0.717) is 33.5 Å². The van der Waals surface area contributed by atoms with Gasteiger partial charge in [0.05, 0.1) is 50.0 Å². The van der Waals surface area contributed by atoms with Crippen LogP contribution in [0.2, 0.25) is 0 Å². The quantitative estimate of drug-likeness (QED) is 0.0402. The smallest absolute Gasteiger partial charge is 0.253 e.